The first-order valence-corrected chi connectivity index (χ1v) is 5.13. The van der Waals surface area contributed by atoms with E-state index >= 15 is 0 Å². The Kier molecular flexibility index (Phi) is 2.50. The average molecular weight is 239 g/mol. The quantitative estimate of drug-likeness (QED) is 0.776. The van der Waals surface area contributed by atoms with Crippen LogP contribution in [-0.2, 0) is 10.4 Å². The number of hydrogen-bond donors (Lipinski definition) is 2. The highest BCUT2D eigenvalue weighted by atomic mass is 19.2. The highest BCUT2D eigenvalue weighted by Crippen LogP contribution is 2.42. The third kappa shape index (κ3) is 1.39. The van der Waals surface area contributed by atoms with E-state index in [4.69, 9.17) is 0 Å². The molecule has 0 aromatic heterocycles. The zero-order valence-corrected chi connectivity index (χ0v) is 9.18. The van der Waals surface area contributed by atoms with E-state index < -0.39 is 23.1 Å². The third-order valence-electron chi connectivity index (χ3n) is 2.99. The van der Waals surface area contributed by atoms with Gasteiger partial charge in [-0.25, -0.2) is 8.78 Å². The zero-order valence-electron chi connectivity index (χ0n) is 9.18. The average Bonchev–Trinajstić information content (AvgIpc) is 2.58. The van der Waals surface area contributed by atoms with Crippen molar-refractivity contribution in [1.29, 1.82) is 0 Å². The number of aliphatic hydroxyl groups is 1. The Hall–Kier alpha value is -1.75. The van der Waals surface area contributed by atoms with E-state index in [2.05, 4.69) is 11.9 Å². The van der Waals surface area contributed by atoms with Gasteiger partial charge in [0.2, 0.25) is 0 Å². The molecule has 0 bridgehead atoms. The summed E-state index contributed by atoms with van der Waals surface area (Å²) in [7, 11) is 0. The summed E-state index contributed by atoms with van der Waals surface area (Å²) in [5, 5.41) is 12.4. The first-order chi connectivity index (χ1) is 7.92. The van der Waals surface area contributed by atoms with Crippen molar-refractivity contribution in [1.82, 2.24) is 0 Å². The van der Waals surface area contributed by atoms with E-state index in [1.165, 1.54) is 6.07 Å². The molecule has 2 N–H and O–H groups in total. The lowest BCUT2D eigenvalue weighted by Gasteiger charge is -2.22. The van der Waals surface area contributed by atoms with Crippen molar-refractivity contribution in [2.45, 2.75) is 18.9 Å². The molecular formula is C12H11F2NO2. The Morgan fingerprint density at radius 1 is 1.53 bits per heavy atom. The number of halogens is 2. The number of benzene rings is 1. The molecule has 1 aliphatic rings. The van der Waals surface area contributed by atoms with Crippen molar-refractivity contribution in [2.24, 2.45) is 0 Å². The van der Waals surface area contributed by atoms with Crippen LogP contribution < -0.4 is 5.32 Å². The number of anilines is 1. The van der Waals surface area contributed by atoms with Gasteiger partial charge in [0.25, 0.3) is 5.91 Å². The van der Waals surface area contributed by atoms with Gasteiger partial charge in [-0.05, 0) is 18.1 Å². The second-order valence-electron chi connectivity index (χ2n) is 3.91. The number of carbonyl (C=O) groups is 1. The molecule has 90 valence electrons. The summed E-state index contributed by atoms with van der Waals surface area (Å²) in [4.78, 5) is 11.7. The summed E-state index contributed by atoms with van der Waals surface area (Å²) in [6.45, 7) is 5.32. The van der Waals surface area contributed by atoms with E-state index in [0.717, 1.165) is 6.07 Å². The summed E-state index contributed by atoms with van der Waals surface area (Å²) >= 11 is 0. The summed E-state index contributed by atoms with van der Waals surface area (Å²) < 4.78 is 26.5. The summed E-state index contributed by atoms with van der Waals surface area (Å²) in [6, 6.07) is 2.06. The lowest BCUT2D eigenvalue weighted by Crippen LogP contribution is -2.35. The summed E-state index contributed by atoms with van der Waals surface area (Å²) in [6.07, 6.45) is 0.350. The summed E-state index contributed by atoms with van der Waals surface area (Å²) in [5.41, 5.74) is -2.04. The molecule has 1 aliphatic heterocycles. The van der Waals surface area contributed by atoms with Crippen LogP contribution in [0, 0.1) is 11.6 Å². The highest BCUT2D eigenvalue weighted by Gasteiger charge is 2.48. The number of nitrogens with one attached hydrogen (secondary N) is 1. The lowest BCUT2D eigenvalue weighted by atomic mass is 9.86. The largest absolute Gasteiger partial charge is 0.372 e. The number of carbonyl (C=O) groups excluding carboxylic acids is 1. The van der Waals surface area contributed by atoms with Crippen LogP contribution in [-0.4, -0.2) is 11.0 Å². The summed E-state index contributed by atoms with van der Waals surface area (Å²) in [5.74, 6) is -3.05. The molecule has 1 aromatic rings. The fourth-order valence-electron chi connectivity index (χ4n) is 1.91. The van der Waals surface area contributed by atoms with Crippen molar-refractivity contribution < 1.29 is 18.7 Å². The minimum absolute atomic E-state index is 0.00764. The van der Waals surface area contributed by atoms with Crippen LogP contribution in [0.3, 0.4) is 0 Å². The number of rotatable bonds is 2. The van der Waals surface area contributed by atoms with Crippen LogP contribution in [0.1, 0.15) is 18.9 Å². The molecule has 0 saturated carbocycles. The van der Waals surface area contributed by atoms with Crippen LogP contribution >= 0.6 is 0 Å². The molecule has 0 spiro atoms. The highest BCUT2D eigenvalue weighted by molar-refractivity contribution is 6.07. The molecule has 5 heteroatoms. The number of amides is 1. The molecule has 1 amide bonds. The van der Waals surface area contributed by atoms with Crippen molar-refractivity contribution in [3.63, 3.8) is 0 Å². The van der Waals surface area contributed by atoms with E-state index in [9.17, 15) is 18.7 Å². The number of fused-ring (bicyclic) bond motifs is 1. The molecule has 3 nitrogen and oxygen atoms in total. The SMILES string of the molecule is C=C(CC)C1(O)C(=O)Nc2c1ccc(F)c2F. The minimum Gasteiger partial charge on any atom is -0.372 e. The van der Waals surface area contributed by atoms with Gasteiger partial charge in [-0.1, -0.05) is 19.6 Å². The second kappa shape index (κ2) is 3.63. The van der Waals surface area contributed by atoms with Crippen LogP contribution in [0.5, 0.6) is 0 Å². The Morgan fingerprint density at radius 2 is 2.18 bits per heavy atom. The van der Waals surface area contributed by atoms with Gasteiger partial charge >= 0.3 is 0 Å². The van der Waals surface area contributed by atoms with Crippen molar-refractivity contribution in [3.8, 4) is 0 Å². The molecule has 2 rings (SSSR count). The van der Waals surface area contributed by atoms with E-state index in [1.807, 2.05) is 0 Å². The predicted octanol–water partition coefficient (Wildman–Crippen LogP) is 2.07. The smallest absolute Gasteiger partial charge is 0.265 e. The van der Waals surface area contributed by atoms with Crippen LogP contribution in [0.2, 0.25) is 0 Å². The molecule has 0 aliphatic carbocycles. The topological polar surface area (TPSA) is 49.3 Å². The van der Waals surface area contributed by atoms with Gasteiger partial charge in [0.1, 0.15) is 0 Å². The molecule has 1 heterocycles. The maximum absolute atomic E-state index is 13.5. The van der Waals surface area contributed by atoms with Crippen LogP contribution in [0.25, 0.3) is 0 Å². The fourth-order valence-corrected chi connectivity index (χ4v) is 1.91. The van der Waals surface area contributed by atoms with Crippen molar-refractivity contribution >= 4 is 11.6 Å². The third-order valence-corrected chi connectivity index (χ3v) is 2.99. The Labute approximate surface area is 96.8 Å². The van der Waals surface area contributed by atoms with Gasteiger partial charge < -0.3 is 10.4 Å². The van der Waals surface area contributed by atoms with Gasteiger partial charge in [0, 0.05) is 5.56 Å². The number of hydrogen-bond acceptors (Lipinski definition) is 2. The van der Waals surface area contributed by atoms with Crippen molar-refractivity contribution in [2.75, 3.05) is 5.32 Å². The molecule has 1 aromatic carbocycles. The molecule has 1 unspecified atom stereocenters. The van der Waals surface area contributed by atoms with Gasteiger partial charge in [-0.15, -0.1) is 0 Å². The standard InChI is InChI=1S/C12H11F2NO2/c1-3-6(2)12(17)7-4-5-8(13)9(14)10(7)15-11(12)16/h4-5,17H,2-3H2,1H3,(H,15,16). The first-order valence-electron chi connectivity index (χ1n) is 5.13. The van der Waals surface area contributed by atoms with Crippen molar-refractivity contribution in [3.05, 3.63) is 41.5 Å². The lowest BCUT2D eigenvalue weighted by molar-refractivity contribution is -0.130. The van der Waals surface area contributed by atoms with E-state index in [-0.39, 0.29) is 16.8 Å². The molecule has 0 fully saturated rings. The normalized spacial score (nSPS) is 22.2. The Balaban J connectivity index is 2.67. The Bertz CT molecular complexity index is 527. The van der Waals surface area contributed by atoms with Crippen LogP contribution in [0.4, 0.5) is 14.5 Å². The maximum Gasteiger partial charge on any atom is 0.265 e. The second-order valence-corrected chi connectivity index (χ2v) is 3.91. The Morgan fingerprint density at radius 3 is 2.76 bits per heavy atom. The van der Waals surface area contributed by atoms with E-state index in [1.54, 1.807) is 6.92 Å². The molecule has 1 atom stereocenters. The molecule has 0 saturated heterocycles. The van der Waals surface area contributed by atoms with Gasteiger partial charge in [0.05, 0.1) is 5.69 Å². The van der Waals surface area contributed by atoms with Gasteiger partial charge in [-0.2, -0.15) is 0 Å². The van der Waals surface area contributed by atoms with Crippen LogP contribution in [0.15, 0.2) is 24.3 Å². The molecule has 17 heavy (non-hydrogen) atoms. The molecule has 0 radical (unpaired) electrons. The fraction of sp³-hybridized carbons (Fsp3) is 0.250. The minimum atomic E-state index is -1.97. The molecular weight excluding hydrogens is 228 g/mol. The van der Waals surface area contributed by atoms with E-state index in [0.29, 0.717) is 6.42 Å². The first kappa shape index (κ1) is 11.7. The zero-order chi connectivity index (χ0) is 12.8. The van der Waals surface area contributed by atoms with Gasteiger partial charge in [-0.3, -0.25) is 4.79 Å². The predicted molar refractivity (Wildman–Crippen MR) is 58.3 cm³/mol. The van der Waals surface area contributed by atoms with Gasteiger partial charge in [0.15, 0.2) is 17.2 Å². The maximum atomic E-state index is 13.5. The monoisotopic (exact) mass is 239 g/mol.